The van der Waals surface area contributed by atoms with E-state index in [2.05, 4.69) is 26.6 Å². The van der Waals surface area contributed by atoms with Crippen LogP contribution >= 0.6 is 0 Å². The van der Waals surface area contributed by atoms with Gasteiger partial charge in [-0.05, 0) is 27.7 Å². The fourth-order valence-corrected chi connectivity index (χ4v) is 2.61. The Morgan fingerprint density at radius 2 is 1.10 bits per heavy atom. The van der Waals surface area contributed by atoms with E-state index in [1.54, 1.807) is 6.92 Å². The van der Waals surface area contributed by atoms with E-state index in [4.69, 9.17) is 4.74 Å². The van der Waals surface area contributed by atoms with Crippen LogP contribution in [0.5, 0.6) is 0 Å². The summed E-state index contributed by atoms with van der Waals surface area (Å²) in [4.78, 5) is 0. The molecule has 0 saturated carbocycles. The maximum absolute atomic E-state index is 10.4. The van der Waals surface area contributed by atoms with E-state index in [1.807, 2.05) is 20.8 Å². The highest BCUT2D eigenvalue weighted by Gasteiger charge is 2.24. The number of rotatable bonds is 1. The highest BCUT2D eigenvalue weighted by Crippen LogP contribution is 2.11. The Hall–Kier alpha value is -0.480. The predicted molar refractivity (Wildman–Crippen MR) is 107 cm³/mol. The van der Waals surface area contributed by atoms with Gasteiger partial charge in [-0.15, -0.1) is 0 Å². The predicted octanol–water partition coefficient (Wildman–Crippen LogP) is -3.56. The SMILES string of the molecule is CC1CNC(O)CNC(O)CNC(O)CNC(O)CNC(OC(C)(C)C)CN1O. The third kappa shape index (κ3) is 12.7. The zero-order valence-corrected chi connectivity index (χ0v) is 17.8. The Bertz CT molecular complexity index is 443. The van der Waals surface area contributed by atoms with Gasteiger partial charge in [-0.25, -0.2) is 0 Å². The van der Waals surface area contributed by atoms with E-state index in [9.17, 15) is 25.6 Å². The summed E-state index contributed by atoms with van der Waals surface area (Å²) in [5.74, 6) is 0. The fourth-order valence-electron chi connectivity index (χ4n) is 2.61. The lowest BCUT2D eigenvalue weighted by molar-refractivity contribution is -0.173. The molecule has 0 aliphatic carbocycles. The molecule has 1 heterocycles. The third-order valence-electron chi connectivity index (χ3n) is 4.19. The van der Waals surface area contributed by atoms with Crippen LogP contribution in [0, 0.1) is 0 Å². The number of β-amino-alcohol motifs (C(OH)–C–C–N with tert-alkyl or cyclic N) is 4. The Kier molecular flexibility index (Phi) is 11.9. The van der Waals surface area contributed by atoms with Crippen LogP contribution in [0.2, 0.25) is 0 Å². The van der Waals surface area contributed by atoms with Gasteiger partial charge in [0.25, 0.3) is 0 Å². The number of hydrogen-bond acceptors (Lipinski definition) is 12. The van der Waals surface area contributed by atoms with E-state index in [0.29, 0.717) is 6.54 Å². The van der Waals surface area contributed by atoms with Crippen LogP contribution in [0.4, 0.5) is 0 Å². The lowest BCUT2D eigenvalue weighted by Gasteiger charge is -2.33. The normalized spacial score (nSPS) is 36.3. The molecule has 1 aliphatic heterocycles. The highest BCUT2D eigenvalue weighted by atomic mass is 16.5. The second kappa shape index (κ2) is 13.0. The Morgan fingerprint density at radius 1 is 0.724 bits per heavy atom. The van der Waals surface area contributed by atoms with Gasteiger partial charge in [0.05, 0.1) is 12.1 Å². The largest absolute Gasteiger partial charge is 0.377 e. The van der Waals surface area contributed by atoms with Crippen molar-refractivity contribution < 1.29 is 30.4 Å². The first kappa shape index (κ1) is 26.6. The van der Waals surface area contributed by atoms with Crippen LogP contribution in [0.3, 0.4) is 0 Å². The van der Waals surface area contributed by atoms with Crippen LogP contribution in [0.25, 0.3) is 0 Å². The van der Waals surface area contributed by atoms with Gasteiger partial charge in [-0.3, -0.25) is 26.6 Å². The number of nitrogens with zero attached hydrogens (tertiary/aromatic N) is 1. The van der Waals surface area contributed by atoms with E-state index in [1.165, 1.54) is 0 Å². The van der Waals surface area contributed by atoms with Gasteiger partial charge in [-0.2, -0.15) is 5.06 Å². The van der Waals surface area contributed by atoms with Gasteiger partial charge in [0.2, 0.25) is 0 Å². The average Bonchev–Trinajstić information content (AvgIpc) is 2.63. The number of nitrogens with one attached hydrogen (secondary N) is 5. The van der Waals surface area contributed by atoms with Gasteiger partial charge in [0.15, 0.2) is 0 Å². The molecule has 1 rings (SSSR count). The summed E-state index contributed by atoms with van der Waals surface area (Å²) in [6.07, 6.45) is -4.42. The molecule has 0 aromatic rings. The minimum Gasteiger partial charge on any atom is -0.377 e. The number of ether oxygens (including phenoxy) is 1. The van der Waals surface area contributed by atoms with E-state index in [0.717, 1.165) is 5.06 Å². The topological polar surface area (TPSA) is 174 Å². The third-order valence-corrected chi connectivity index (χ3v) is 4.19. The zero-order valence-electron chi connectivity index (χ0n) is 17.8. The molecule has 0 bridgehead atoms. The first-order valence-corrected chi connectivity index (χ1v) is 9.99. The number of aliphatic hydroxyl groups is 4. The van der Waals surface area contributed by atoms with Crippen molar-refractivity contribution in [3.05, 3.63) is 0 Å². The quantitative estimate of drug-likeness (QED) is 0.201. The van der Waals surface area contributed by atoms with Crippen LogP contribution in [-0.4, -0.2) is 113 Å². The molecular weight excluding hydrogens is 384 g/mol. The molecule has 0 amide bonds. The summed E-state index contributed by atoms with van der Waals surface area (Å²) < 4.78 is 5.92. The van der Waals surface area contributed by atoms with Crippen LogP contribution in [0.1, 0.15) is 27.7 Å². The van der Waals surface area contributed by atoms with Crippen molar-refractivity contribution in [2.24, 2.45) is 0 Å². The van der Waals surface area contributed by atoms with Crippen molar-refractivity contribution in [1.29, 1.82) is 0 Å². The molecule has 29 heavy (non-hydrogen) atoms. The molecule has 0 radical (unpaired) electrons. The number of aliphatic hydroxyl groups excluding tert-OH is 4. The summed E-state index contributed by atoms with van der Waals surface area (Å²) in [6.45, 7) is 8.17. The first-order valence-electron chi connectivity index (χ1n) is 9.99. The number of hydrogen-bond donors (Lipinski definition) is 10. The molecule has 1 fully saturated rings. The molecule has 6 unspecified atom stereocenters. The molecule has 10 N–H and O–H groups in total. The second-order valence-corrected chi connectivity index (χ2v) is 8.29. The Morgan fingerprint density at radius 3 is 1.52 bits per heavy atom. The summed E-state index contributed by atoms with van der Waals surface area (Å²) >= 11 is 0. The van der Waals surface area contributed by atoms with Crippen molar-refractivity contribution in [1.82, 2.24) is 31.6 Å². The number of hydroxylamine groups is 2. The average molecular weight is 425 g/mol. The van der Waals surface area contributed by atoms with Crippen molar-refractivity contribution in [2.75, 3.05) is 39.3 Å². The smallest absolute Gasteiger partial charge is 0.124 e. The molecule has 0 spiro atoms. The first-order chi connectivity index (χ1) is 13.5. The molecule has 0 aromatic heterocycles. The van der Waals surface area contributed by atoms with Crippen molar-refractivity contribution in [3.8, 4) is 0 Å². The maximum Gasteiger partial charge on any atom is 0.124 e. The molecule has 12 heteroatoms. The molecule has 1 saturated heterocycles. The standard InChI is InChI=1S/C17H40N6O6/c1-11-5-18-12(24)6-19-13(25)7-20-14(26)8-21-15(27)9-22-16(10-23(11)28)29-17(2,3)4/h11-16,18-22,24-28H,5-10H2,1-4H3. The van der Waals surface area contributed by atoms with Crippen molar-refractivity contribution in [3.63, 3.8) is 0 Å². The van der Waals surface area contributed by atoms with Crippen LogP contribution in [0.15, 0.2) is 0 Å². The van der Waals surface area contributed by atoms with Crippen LogP contribution in [-0.2, 0) is 4.74 Å². The van der Waals surface area contributed by atoms with Gasteiger partial charge in [0, 0.05) is 38.8 Å². The van der Waals surface area contributed by atoms with E-state index >= 15 is 0 Å². The zero-order chi connectivity index (χ0) is 22.0. The van der Waals surface area contributed by atoms with Gasteiger partial charge in [0.1, 0.15) is 31.1 Å². The second-order valence-electron chi connectivity index (χ2n) is 8.29. The van der Waals surface area contributed by atoms with Crippen molar-refractivity contribution >= 4 is 0 Å². The summed E-state index contributed by atoms with van der Waals surface area (Å²) in [6, 6.07) is -0.332. The Balaban J connectivity index is 2.75. The molecule has 12 nitrogen and oxygen atoms in total. The summed E-state index contributed by atoms with van der Waals surface area (Å²) in [7, 11) is 0. The molecule has 6 atom stereocenters. The molecule has 174 valence electrons. The minimum absolute atomic E-state index is 0.0478. The van der Waals surface area contributed by atoms with E-state index in [-0.39, 0.29) is 38.8 Å². The monoisotopic (exact) mass is 424 g/mol. The lowest BCUT2D eigenvalue weighted by Crippen LogP contribution is -2.55. The highest BCUT2D eigenvalue weighted by molar-refractivity contribution is 4.74. The summed E-state index contributed by atoms with van der Waals surface area (Å²) in [5.41, 5.74) is -0.474. The molecule has 0 aromatic carbocycles. The van der Waals surface area contributed by atoms with Gasteiger partial charge >= 0.3 is 0 Å². The lowest BCUT2D eigenvalue weighted by atomic mass is 10.2. The Labute approximate surface area is 172 Å². The van der Waals surface area contributed by atoms with Crippen LogP contribution < -0.4 is 26.6 Å². The van der Waals surface area contributed by atoms with Gasteiger partial charge in [-0.1, -0.05) is 0 Å². The van der Waals surface area contributed by atoms with E-state index < -0.39 is 36.7 Å². The minimum atomic E-state index is -0.988. The molecule has 1 aliphatic rings. The van der Waals surface area contributed by atoms with Gasteiger partial charge < -0.3 is 30.4 Å². The maximum atomic E-state index is 10.4. The molecular formula is C17H40N6O6. The summed E-state index contributed by atoms with van der Waals surface area (Å²) in [5, 5.41) is 65.4. The fraction of sp³-hybridized carbons (Fsp3) is 1.00. The van der Waals surface area contributed by atoms with Crippen molar-refractivity contribution in [2.45, 2.75) is 70.5 Å².